The van der Waals surface area contributed by atoms with Gasteiger partial charge in [-0.1, -0.05) is 40.5 Å². The second-order valence-corrected chi connectivity index (χ2v) is 7.22. The molecule has 1 saturated heterocycles. The lowest BCUT2D eigenvalue weighted by Crippen LogP contribution is -2.57. The maximum Gasteiger partial charge on any atom is 0.0258 e. The standard InChI is InChI=1S/C15H29N/c1-12-7-5-8-13(11-12)15(14(2,3)4)9-6-10-16-15/h12-13,16H,5-11H2,1-4H3. The van der Waals surface area contributed by atoms with E-state index in [0.717, 1.165) is 11.8 Å². The number of hydrogen-bond acceptors (Lipinski definition) is 1. The predicted octanol–water partition coefficient (Wildman–Crippen LogP) is 3.98. The van der Waals surface area contributed by atoms with Crippen LogP contribution in [0.5, 0.6) is 0 Å². The van der Waals surface area contributed by atoms with Crippen LogP contribution in [0.2, 0.25) is 0 Å². The molecule has 2 rings (SSSR count). The van der Waals surface area contributed by atoms with Crippen molar-refractivity contribution in [2.75, 3.05) is 6.54 Å². The molecule has 0 aromatic carbocycles. The second kappa shape index (κ2) is 4.33. The Labute approximate surface area is 101 Å². The minimum absolute atomic E-state index is 0.408. The summed E-state index contributed by atoms with van der Waals surface area (Å²) < 4.78 is 0. The van der Waals surface area contributed by atoms with Gasteiger partial charge in [0.1, 0.15) is 0 Å². The molecule has 0 radical (unpaired) electrons. The van der Waals surface area contributed by atoms with Crippen molar-refractivity contribution in [3.8, 4) is 0 Å². The number of rotatable bonds is 1. The van der Waals surface area contributed by atoms with Gasteiger partial charge in [-0.05, 0) is 49.5 Å². The number of nitrogens with one attached hydrogen (secondary N) is 1. The summed E-state index contributed by atoms with van der Waals surface area (Å²) in [7, 11) is 0. The van der Waals surface area contributed by atoms with Gasteiger partial charge in [0.05, 0.1) is 0 Å². The molecule has 1 saturated carbocycles. The zero-order valence-corrected chi connectivity index (χ0v) is 11.6. The molecule has 2 aliphatic rings. The van der Waals surface area contributed by atoms with E-state index in [4.69, 9.17) is 0 Å². The molecule has 3 atom stereocenters. The van der Waals surface area contributed by atoms with E-state index in [1.165, 1.54) is 45.1 Å². The van der Waals surface area contributed by atoms with Gasteiger partial charge >= 0.3 is 0 Å². The minimum Gasteiger partial charge on any atom is -0.310 e. The molecule has 0 aromatic rings. The molecule has 1 N–H and O–H groups in total. The summed E-state index contributed by atoms with van der Waals surface area (Å²) in [6.07, 6.45) is 8.58. The fourth-order valence-corrected chi connectivity index (χ4v) is 4.25. The summed E-state index contributed by atoms with van der Waals surface area (Å²) in [4.78, 5) is 0. The quantitative estimate of drug-likeness (QED) is 0.709. The van der Waals surface area contributed by atoms with E-state index in [1.54, 1.807) is 0 Å². The smallest absolute Gasteiger partial charge is 0.0258 e. The van der Waals surface area contributed by atoms with Crippen molar-refractivity contribution in [3.05, 3.63) is 0 Å². The third kappa shape index (κ3) is 2.03. The van der Waals surface area contributed by atoms with Crippen molar-refractivity contribution >= 4 is 0 Å². The molecule has 3 unspecified atom stereocenters. The first-order chi connectivity index (χ1) is 7.46. The molecule has 94 valence electrons. The summed E-state index contributed by atoms with van der Waals surface area (Å²) in [6.45, 7) is 11.0. The van der Waals surface area contributed by atoms with Crippen LogP contribution in [0, 0.1) is 17.3 Å². The van der Waals surface area contributed by atoms with Gasteiger partial charge in [0.25, 0.3) is 0 Å². The molecular formula is C15H29N. The Hall–Kier alpha value is -0.0400. The van der Waals surface area contributed by atoms with Crippen LogP contribution in [-0.2, 0) is 0 Å². The first-order valence-corrected chi connectivity index (χ1v) is 7.21. The van der Waals surface area contributed by atoms with Crippen molar-refractivity contribution in [1.82, 2.24) is 5.32 Å². The lowest BCUT2D eigenvalue weighted by atomic mass is 9.60. The zero-order chi connectivity index (χ0) is 11.8. The van der Waals surface area contributed by atoms with Gasteiger partial charge in [-0.2, -0.15) is 0 Å². The highest BCUT2D eigenvalue weighted by Gasteiger charge is 2.49. The maximum absolute atomic E-state index is 3.90. The molecule has 1 aliphatic carbocycles. The fraction of sp³-hybridized carbons (Fsp3) is 1.00. The van der Waals surface area contributed by atoms with E-state index in [1.807, 2.05) is 0 Å². The molecule has 0 aromatic heterocycles. The zero-order valence-electron chi connectivity index (χ0n) is 11.6. The van der Waals surface area contributed by atoms with Gasteiger partial charge in [0.15, 0.2) is 0 Å². The van der Waals surface area contributed by atoms with Gasteiger partial charge in [-0.3, -0.25) is 0 Å². The molecular weight excluding hydrogens is 194 g/mol. The largest absolute Gasteiger partial charge is 0.310 e. The highest BCUT2D eigenvalue weighted by Crippen LogP contribution is 2.48. The van der Waals surface area contributed by atoms with E-state index in [2.05, 4.69) is 33.0 Å². The first-order valence-electron chi connectivity index (χ1n) is 7.21. The molecule has 2 fully saturated rings. The van der Waals surface area contributed by atoms with Crippen LogP contribution in [-0.4, -0.2) is 12.1 Å². The molecule has 1 heterocycles. The van der Waals surface area contributed by atoms with Crippen LogP contribution in [0.4, 0.5) is 0 Å². The van der Waals surface area contributed by atoms with Crippen molar-refractivity contribution < 1.29 is 0 Å². The Morgan fingerprint density at radius 3 is 2.38 bits per heavy atom. The Morgan fingerprint density at radius 2 is 1.88 bits per heavy atom. The molecule has 1 aliphatic heterocycles. The van der Waals surface area contributed by atoms with Crippen molar-refractivity contribution in [1.29, 1.82) is 0 Å². The summed E-state index contributed by atoms with van der Waals surface area (Å²) >= 11 is 0. The van der Waals surface area contributed by atoms with Crippen molar-refractivity contribution in [2.45, 2.75) is 71.8 Å². The average molecular weight is 223 g/mol. The summed E-state index contributed by atoms with van der Waals surface area (Å²) in [5.74, 6) is 1.86. The lowest BCUT2D eigenvalue weighted by molar-refractivity contribution is 0.0510. The SMILES string of the molecule is CC1CCCC(C2(C(C)(C)C)CCCN2)C1. The molecule has 0 bridgehead atoms. The van der Waals surface area contributed by atoms with E-state index >= 15 is 0 Å². The lowest BCUT2D eigenvalue weighted by Gasteiger charge is -2.50. The Bertz CT molecular complexity index is 232. The first kappa shape index (κ1) is 12.4. The fourth-order valence-electron chi connectivity index (χ4n) is 4.25. The second-order valence-electron chi connectivity index (χ2n) is 7.22. The van der Waals surface area contributed by atoms with Crippen LogP contribution < -0.4 is 5.32 Å². The van der Waals surface area contributed by atoms with E-state index in [0.29, 0.717) is 11.0 Å². The van der Waals surface area contributed by atoms with E-state index in [9.17, 15) is 0 Å². The average Bonchev–Trinajstić information content (AvgIpc) is 2.66. The van der Waals surface area contributed by atoms with E-state index in [-0.39, 0.29) is 0 Å². The highest BCUT2D eigenvalue weighted by molar-refractivity contribution is 5.06. The Kier molecular flexibility index (Phi) is 3.36. The van der Waals surface area contributed by atoms with Crippen molar-refractivity contribution in [2.24, 2.45) is 17.3 Å². The molecule has 1 heteroatoms. The van der Waals surface area contributed by atoms with Gasteiger partial charge in [-0.25, -0.2) is 0 Å². The van der Waals surface area contributed by atoms with Gasteiger partial charge < -0.3 is 5.32 Å². The monoisotopic (exact) mass is 223 g/mol. The van der Waals surface area contributed by atoms with Crippen molar-refractivity contribution in [3.63, 3.8) is 0 Å². The summed E-state index contributed by atoms with van der Waals surface area (Å²) in [5, 5.41) is 3.90. The maximum atomic E-state index is 3.90. The topological polar surface area (TPSA) is 12.0 Å². The van der Waals surface area contributed by atoms with Gasteiger partial charge in [-0.15, -0.1) is 0 Å². The minimum atomic E-state index is 0.408. The molecule has 16 heavy (non-hydrogen) atoms. The van der Waals surface area contributed by atoms with Gasteiger partial charge in [0, 0.05) is 5.54 Å². The Morgan fingerprint density at radius 1 is 1.12 bits per heavy atom. The third-order valence-corrected chi connectivity index (χ3v) is 5.16. The van der Waals surface area contributed by atoms with Crippen LogP contribution in [0.25, 0.3) is 0 Å². The normalized spacial score (nSPS) is 41.2. The van der Waals surface area contributed by atoms with Crippen LogP contribution in [0.15, 0.2) is 0 Å². The molecule has 1 nitrogen and oxygen atoms in total. The summed E-state index contributed by atoms with van der Waals surface area (Å²) in [5.41, 5.74) is 0.840. The third-order valence-electron chi connectivity index (χ3n) is 5.16. The Balaban J connectivity index is 2.19. The molecule has 0 amide bonds. The van der Waals surface area contributed by atoms with Gasteiger partial charge in [0.2, 0.25) is 0 Å². The van der Waals surface area contributed by atoms with Crippen LogP contribution >= 0.6 is 0 Å². The predicted molar refractivity (Wildman–Crippen MR) is 70.5 cm³/mol. The van der Waals surface area contributed by atoms with E-state index < -0.39 is 0 Å². The molecule has 0 spiro atoms. The highest BCUT2D eigenvalue weighted by atomic mass is 15.0. The summed E-state index contributed by atoms with van der Waals surface area (Å²) in [6, 6.07) is 0. The van der Waals surface area contributed by atoms with Crippen LogP contribution in [0.3, 0.4) is 0 Å². The number of hydrogen-bond donors (Lipinski definition) is 1. The van der Waals surface area contributed by atoms with Crippen LogP contribution in [0.1, 0.15) is 66.2 Å².